The lowest BCUT2D eigenvalue weighted by molar-refractivity contribution is -0.133. The Balaban J connectivity index is 1.32. The Labute approximate surface area is 156 Å². The normalized spacial score (nSPS) is 15.1. The van der Waals surface area contributed by atoms with E-state index < -0.39 is 0 Å². The van der Waals surface area contributed by atoms with Gasteiger partial charge < -0.3 is 18.9 Å². The number of methoxy groups -OCH3 is 1. The van der Waals surface area contributed by atoms with Crippen molar-refractivity contribution >= 4 is 16.9 Å². The zero-order valence-electron chi connectivity index (χ0n) is 15.1. The lowest BCUT2D eigenvalue weighted by Gasteiger charge is -2.32. The van der Waals surface area contributed by atoms with Gasteiger partial charge in [-0.2, -0.15) is 4.98 Å². The van der Waals surface area contributed by atoms with Gasteiger partial charge in [0.05, 0.1) is 24.5 Å². The molecule has 3 heterocycles. The molecule has 1 aromatic carbocycles. The minimum Gasteiger partial charge on any atom is -0.474 e. The molecule has 0 spiro atoms. The molecular weight excluding hydrogens is 346 g/mol. The maximum absolute atomic E-state index is 12.7. The van der Waals surface area contributed by atoms with Crippen molar-refractivity contribution in [3.8, 4) is 11.9 Å². The highest BCUT2D eigenvalue weighted by atomic mass is 16.5. The third-order valence-electron chi connectivity index (χ3n) is 4.71. The van der Waals surface area contributed by atoms with E-state index in [1.54, 1.807) is 18.6 Å². The lowest BCUT2D eigenvalue weighted by atomic mass is 10.1. The Kier molecular flexibility index (Phi) is 4.86. The highest BCUT2D eigenvalue weighted by molar-refractivity contribution is 5.80. The molecule has 0 N–H and O–H groups in total. The first-order chi connectivity index (χ1) is 13.2. The Morgan fingerprint density at radius 3 is 2.81 bits per heavy atom. The summed E-state index contributed by atoms with van der Waals surface area (Å²) in [4.78, 5) is 27.0. The van der Waals surface area contributed by atoms with E-state index in [1.807, 2.05) is 33.7 Å². The zero-order chi connectivity index (χ0) is 18.6. The number of benzene rings is 1. The van der Waals surface area contributed by atoms with Crippen LogP contribution in [0.25, 0.3) is 11.0 Å². The largest absolute Gasteiger partial charge is 0.474 e. The highest BCUT2D eigenvalue weighted by Crippen LogP contribution is 2.19. The molecule has 8 heteroatoms. The number of hydrogen-bond donors (Lipinski definition) is 0. The quantitative estimate of drug-likeness (QED) is 0.685. The number of piperidine rings is 1. The molecule has 1 aliphatic heterocycles. The van der Waals surface area contributed by atoms with E-state index in [-0.39, 0.29) is 18.0 Å². The molecule has 0 bridgehead atoms. The summed E-state index contributed by atoms with van der Waals surface area (Å²) in [5.74, 6) is 0.594. The number of rotatable bonds is 5. The number of carbonyl (C=O) groups excluding carboxylic acids is 1. The molecule has 1 saturated heterocycles. The van der Waals surface area contributed by atoms with Crippen molar-refractivity contribution in [3.63, 3.8) is 0 Å². The molecule has 3 aromatic rings. The number of aromatic nitrogens is 4. The summed E-state index contributed by atoms with van der Waals surface area (Å²) in [5.41, 5.74) is 1.87. The maximum Gasteiger partial charge on any atom is 0.319 e. The average molecular weight is 367 g/mol. The second kappa shape index (κ2) is 7.61. The number of carbonyl (C=O) groups is 1. The Bertz CT molecular complexity index is 934. The van der Waals surface area contributed by atoms with Crippen LogP contribution in [0, 0.1) is 0 Å². The van der Waals surface area contributed by atoms with Crippen molar-refractivity contribution in [2.45, 2.75) is 25.5 Å². The first-order valence-electron chi connectivity index (χ1n) is 8.94. The molecular formula is C19H21N5O3. The van der Waals surface area contributed by atoms with Crippen LogP contribution in [0.1, 0.15) is 12.8 Å². The lowest BCUT2D eigenvalue weighted by Crippen LogP contribution is -2.43. The van der Waals surface area contributed by atoms with Gasteiger partial charge in [0.15, 0.2) is 0 Å². The molecule has 1 amide bonds. The van der Waals surface area contributed by atoms with E-state index in [1.165, 1.54) is 7.11 Å². The molecule has 1 fully saturated rings. The Morgan fingerprint density at radius 1 is 1.19 bits per heavy atom. The number of imidazole rings is 1. The molecule has 0 atom stereocenters. The van der Waals surface area contributed by atoms with E-state index in [4.69, 9.17) is 9.47 Å². The predicted molar refractivity (Wildman–Crippen MR) is 98.5 cm³/mol. The molecule has 1 aliphatic rings. The van der Waals surface area contributed by atoms with E-state index in [9.17, 15) is 4.79 Å². The van der Waals surface area contributed by atoms with Crippen molar-refractivity contribution in [2.75, 3.05) is 20.2 Å². The summed E-state index contributed by atoms with van der Waals surface area (Å²) < 4.78 is 12.8. The Morgan fingerprint density at radius 2 is 2.00 bits per heavy atom. The minimum absolute atomic E-state index is 0.0303. The Hall–Kier alpha value is -3.16. The number of amides is 1. The van der Waals surface area contributed by atoms with Gasteiger partial charge in [-0.05, 0) is 12.1 Å². The second-order valence-corrected chi connectivity index (χ2v) is 6.44. The molecule has 0 aliphatic carbocycles. The predicted octanol–water partition coefficient (Wildman–Crippen LogP) is 1.90. The molecule has 0 saturated carbocycles. The van der Waals surface area contributed by atoms with Crippen molar-refractivity contribution in [1.82, 2.24) is 24.4 Å². The smallest absolute Gasteiger partial charge is 0.319 e. The number of ether oxygens (including phenoxy) is 2. The van der Waals surface area contributed by atoms with Gasteiger partial charge in [0, 0.05) is 38.2 Å². The van der Waals surface area contributed by atoms with Crippen LogP contribution >= 0.6 is 0 Å². The zero-order valence-corrected chi connectivity index (χ0v) is 15.1. The topological polar surface area (TPSA) is 82.4 Å². The number of fused-ring (bicyclic) bond motifs is 1. The molecule has 0 unspecified atom stereocenters. The van der Waals surface area contributed by atoms with Crippen molar-refractivity contribution in [1.29, 1.82) is 0 Å². The summed E-state index contributed by atoms with van der Waals surface area (Å²) in [6.45, 7) is 1.63. The van der Waals surface area contributed by atoms with E-state index in [2.05, 4.69) is 15.0 Å². The van der Waals surface area contributed by atoms with Crippen molar-refractivity contribution < 1.29 is 14.3 Å². The van der Waals surface area contributed by atoms with Crippen molar-refractivity contribution in [2.24, 2.45) is 0 Å². The fourth-order valence-electron chi connectivity index (χ4n) is 3.27. The number of nitrogens with zero attached hydrogens (tertiary/aromatic N) is 5. The fourth-order valence-corrected chi connectivity index (χ4v) is 3.27. The maximum atomic E-state index is 12.7. The summed E-state index contributed by atoms with van der Waals surface area (Å²) in [6, 6.07) is 9.82. The molecule has 140 valence electrons. The summed E-state index contributed by atoms with van der Waals surface area (Å²) in [7, 11) is 1.52. The van der Waals surface area contributed by atoms with Gasteiger partial charge in [0.1, 0.15) is 12.6 Å². The van der Waals surface area contributed by atoms with E-state index in [0.717, 1.165) is 23.9 Å². The fraction of sp³-hybridized carbons (Fsp3) is 0.368. The van der Waals surface area contributed by atoms with Crippen LogP contribution in [0.15, 0.2) is 42.9 Å². The third kappa shape index (κ3) is 3.84. The minimum atomic E-state index is 0.0303. The van der Waals surface area contributed by atoms with Gasteiger partial charge in [0.2, 0.25) is 11.8 Å². The van der Waals surface area contributed by atoms with E-state index >= 15 is 0 Å². The second-order valence-electron chi connectivity index (χ2n) is 6.44. The summed E-state index contributed by atoms with van der Waals surface area (Å²) >= 11 is 0. The average Bonchev–Trinajstić information content (AvgIpc) is 3.11. The van der Waals surface area contributed by atoms with Crippen LogP contribution in [0.3, 0.4) is 0 Å². The van der Waals surface area contributed by atoms with Crippen LogP contribution < -0.4 is 9.47 Å². The standard InChI is InChI=1S/C19H21N5O3/c1-26-19-20-9-6-17(22-19)27-14-7-10-23(11-8-14)18(25)12-24-13-21-15-4-2-3-5-16(15)24/h2-6,9,13-14H,7-8,10-12H2,1H3. The monoisotopic (exact) mass is 367 g/mol. The number of likely N-dealkylation sites (tertiary alicyclic amines) is 1. The van der Waals surface area contributed by atoms with E-state index in [0.29, 0.717) is 25.5 Å². The van der Waals surface area contributed by atoms with Crippen LogP contribution in [0.2, 0.25) is 0 Å². The SMILES string of the molecule is COc1nccc(OC2CCN(C(=O)Cn3cnc4ccccc43)CC2)n1. The van der Waals surface area contributed by atoms with Crippen molar-refractivity contribution in [3.05, 3.63) is 42.9 Å². The molecule has 8 nitrogen and oxygen atoms in total. The summed E-state index contributed by atoms with van der Waals surface area (Å²) in [6.07, 6.45) is 4.89. The van der Waals surface area contributed by atoms with Crippen LogP contribution in [-0.2, 0) is 11.3 Å². The highest BCUT2D eigenvalue weighted by Gasteiger charge is 2.24. The van der Waals surface area contributed by atoms with Gasteiger partial charge in [-0.25, -0.2) is 9.97 Å². The molecule has 27 heavy (non-hydrogen) atoms. The van der Waals surface area contributed by atoms with Gasteiger partial charge in [-0.3, -0.25) is 4.79 Å². The number of para-hydroxylation sites is 2. The number of hydrogen-bond acceptors (Lipinski definition) is 6. The first-order valence-corrected chi connectivity index (χ1v) is 8.94. The third-order valence-corrected chi connectivity index (χ3v) is 4.71. The van der Waals surface area contributed by atoms with Gasteiger partial charge in [-0.15, -0.1) is 0 Å². The molecule has 2 aromatic heterocycles. The van der Waals surface area contributed by atoms with Crippen LogP contribution in [0.5, 0.6) is 11.9 Å². The first kappa shape index (κ1) is 17.3. The van der Waals surface area contributed by atoms with Gasteiger partial charge in [-0.1, -0.05) is 12.1 Å². The van der Waals surface area contributed by atoms with Crippen LogP contribution in [0.4, 0.5) is 0 Å². The molecule has 4 rings (SSSR count). The van der Waals surface area contributed by atoms with Gasteiger partial charge >= 0.3 is 6.01 Å². The van der Waals surface area contributed by atoms with Gasteiger partial charge in [0.25, 0.3) is 0 Å². The summed E-state index contributed by atoms with van der Waals surface area (Å²) in [5, 5.41) is 0. The molecule has 0 radical (unpaired) electrons. The van der Waals surface area contributed by atoms with Crippen LogP contribution in [-0.4, -0.2) is 56.6 Å².